The summed E-state index contributed by atoms with van der Waals surface area (Å²) < 4.78 is 0. The van der Waals surface area contributed by atoms with E-state index >= 15 is 0 Å². The van der Waals surface area contributed by atoms with E-state index in [1.807, 2.05) is 0 Å². The highest BCUT2D eigenvalue weighted by atomic mass is 16.4. The van der Waals surface area contributed by atoms with Crippen molar-refractivity contribution in [2.75, 3.05) is 0 Å². The van der Waals surface area contributed by atoms with Gasteiger partial charge in [-0.25, -0.2) is 0 Å². The number of phenols is 1. The predicted octanol–water partition coefficient (Wildman–Crippen LogP) is 6.01. The summed E-state index contributed by atoms with van der Waals surface area (Å²) in [6.07, 6.45) is 4.57. The van der Waals surface area contributed by atoms with Crippen LogP contribution in [0, 0.1) is 17.8 Å². The summed E-state index contributed by atoms with van der Waals surface area (Å²) in [5.74, 6) is -2.49. The molecule has 37 heavy (non-hydrogen) atoms. The van der Waals surface area contributed by atoms with Crippen LogP contribution in [0.3, 0.4) is 0 Å². The zero-order valence-electron chi connectivity index (χ0n) is 22.6. The Morgan fingerprint density at radius 2 is 1.78 bits per heavy atom. The molecule has 6 heteroatoms. The molecule has 3 aliphatic carbocycles. The zero-order valence-corrected chi connectivity index (χ0v) is 22.6. The number of benzene rings is 1. The number of hydrogen-bond donors (Lipinski definition) is 4. The smallest absolute Gasteiger partial charge is 0.182 e. The minimum atomic E-state index is -2.23. The molecule has 3 aliphatic rings. The van der Waals surface area contributed by atoms with E-state index in [1.165, 1.54) is 0 Å². The highest BCUT2D eigenvalue weighted by Crippen LogP contribution is 2.56. The molecule has 0 saturated heterocycles. The lowest BCUT2D eigenvalue weighted by Gasteiger charge is -2.47. The Balaban J connectivity index is 1.88. The van der Waals surface area contributed by atoms with Crippen LogP contribution in [-0.2, 0) is 22.4 Å². The maximum Gasteiger partial charge on any atom is 0.182 e. The maximum absolute atomic E-state index is 12.7. The molecule has 4 N–H and O–H groups in total. The van der Waals surface area contributed by atoms with Gasteiger partial charge in [0, 0.05) is 23.5 Å². The van der Waals surface area contributed by atoms with Crippen molar-refractivity contribution in [1.29, 1.82) is 0 Å². The normalized spacial score (nSPS) is 25.5. The van der Waals surface area contributed by atoms with Crippen LogP contribution in [0.1, 0.15) is 94.9 Å². The number of aliphatic hydroxyl groups excluding tert-OH is 2. The van der Waals surface area contributed by atoms with Crippen LogP contribution in [0.5, 0.6) is 5.75 Å². The first kappa shape index (κ1) is 27.2. The van der Waals surface area contributed by atoms with Gasteiger partial charge < -0.3 is 20.4 Å². The summed E-state index contributed by atoms with van der Waals surface area (Å²) >= 11 is 0. The van der Waals surface area contributed by atoms with Gasteiger partial charge in [-0.3, -0.25) is 9.59 Å². The van der Waals surface area contributed by atoms with Gasteiger partial charge in [0.05, 0.1) is 0 Å². The Kier molecular flexibility index (Phi) is 7.19. The van der Waals surface area contributed by atoms with E-state index in [4.69, 9.17) is 0 Å². The fourth-order valence-electron chi connectivity index (χ4n) is 6.83. The third kappa shape index (κ3) is 4.14. The Hall–Kier alpha value is -2.86. The van der Waals surface area contributed by atoms with Crippen LogP contribution in [0.15, 0.2) is 35.3 Å². The van der Waals surface area contributed by atoms with Gasteiger partial charge in [-0.15, -0.1) is 0 Å². The van der Waals surface area contributed by atoms with Gasteiger partial charge in [0.1, 0.15) is 22.8 Å². The second-order valence-electron chi connectivity index (χ2n) is 11.5. The van der Waals surface area contributed by atoms with Crippen LogP contribution < -0.4 is 0 Å². The Morgan fingerprint density at radius 1 is 1.14 bits per heavy atom. The Morgan fingerprint density at radius 3 is 2.35 bits per heavy atom. The summed E-state index contributed by atoms with van der Waals surface area (Å²) in [5.41, 5.74) is 1.69. The summed E-state index contributed by atoms with van der Waals surface area (Å²) in [7, 11) is 0. The van der Waals surface area contributed by atoms with E-state index < -0.39 is 40.2 Å². The minimum absolute atomic E-state index is 0.139. The number of aromatic hydroxyl groups is 1. The average molecular weight is 509 g/mol. The van der Waals surface area contributed by atoms with Gasteiger partial charge in [-0.1, -0.05) is 53.2 Å². The molecule has 0 heterocycles. The van der Waals surface area contributed by atoms with Crippen molar-refractivity contribution in [3.8, 4) is 5.75 Å². The molecule has 1 aromatic rings. The van der Waals surface area contributed by atoms with E-state index in [0.29, 0.717) is 35.5 Å². The van der Waals surface area contributed by atoms with E-state index in [2.05, 4.69) is 40.3 Å². The van der Waals surface area contributed by atoms with E-state index in [1.54, 1.807) is 0 Å². The number of rotatable bonds is 7. The van der Waals surface area contributed by atoms with Crippen LogP contribution in [0.2, 0.25) is 0 Å². The molecule has 0 spiro atoms. The third-order valence-corrected chi connectivity index (χ3v) is 9.04. The molecule has 0 radical (unpaired) electrons. The molecule has 0 bridgehead atoms. The minimum Gasteiger partial charge on any atom is -0.508 e. The van der Waals surface area contributed by atoms with Crippen molar-refractivity contribution < 1.29 is 30.0 Å². The fraction of sp³-hybridized carbons (Fsp3) is 0.548. The molecule has 0 fully saturated rings. The van der Waals surface area contributed by atoms with Crippen molar-refractivity contribution >= 4 is 17.1 Å². The van der Waals surface area contributed by atoms with Crippen molar-refractivity contribution in [3.63, 3.8) is 0 Å². The fourth-order valence-corrected chi connectivity index (χ4v) is 6.83. The number of aliphatic hydroxyl groups is 3. The van der Waals surface area contributed by atoms with Gasteiger partial charge in [0.2, 0.25) is 0 Å². The monoisotopic (exact) mass is 508 g/mol. The summed E-state index contributed by atoms with van der Waals surface area (Å²) in [5, 5.41) is 45.4. The predicted molar refractivity (Wildman–Crippen MR) is 143 cm³/mol. The molecule has 200 valence electrons. The summed E-state index contributed by atoms with van der Waals surface area (Å²) in [4.78, 5) is 24.7. The number of hydrogen-bond acceptors (Lipinski definition) is 6. The topological polar surface area (TPSA) is 115 Å². The van der Waals surface area contributed by atoms with Crippen LogP contribution in [0.4, 0.5) is 0 Å². The Bertz CT molecular complexity index is 1230. The second kappa shape index (κ2) is 9.79. The lowest BCUT2D eigenvalue weighted by Crippen LogP contribution is -2.52. The highest BCUT2D eigenvalue weighted by molar-refractivity contribution is 6.20. The molecule has 3 atom stereocenters. The third-order valence-electron chi connectivity index (χ3n) is 9.04. The number of phenolic OH excluding ortho intramolecular Hbond substituents is 1. The molecule has 0 saturated carbocycles. The first-order valence-electron chi connectivity index (χ1n) is 13.6. The first-order chi connectivity index (χ1) is 17.4. The highest BCUT2D eigenvalue weighted by Gasteiger charge is 2.57. The van der Waals surface area contributed by atoms with Crippen molar-refractivity contribution in [2.24, 2.45) is 17.8 Å². The molecule has 0 amide bonds. The van der Waals surface area contributed by atoms with Gasteiger partial charge in [0.25, 0.3) is 0 Å². The van der Waals surface area contributed by atoms with Crippen molar-refractivity contribution in [1.82, 2.24) is 0 Å². The SMILES string of the molecule is C=C1C2=C(O)[C@@]3(O)C(O)=C(C(C)=O)C(=O)C[C@H]3C[C@H]2Cc2c(C(C)C)cc(CCC(CC)CC)c(O)c21. The molecule has 0 aromatic heterocycles. The van der Waals surface area contributed by atoms with Crippen LogP contribution in [0.25, 0.3) is 5.57 Å². The largest absolute Gasteiger partial charge is 0.508 e. The first-order valence-corrected chi connectivity index (χ1v) is 13.6. The molecule has 4 rings (SSSR count). The number of fused-ring (bicyclic) bond motifs is 3. The van der Waals surface area contributed by atoms with Gasteiger partial charge in [0.15, 0.2) is 17.2 Å². The molecule has 6 nitrogen and oxygen atoms in total. The van der Waals surface area contributed by atoms with Crippen LogP contribution >= 0.6 is 0 Å². The number of aryl methyl sites for hydroxylation is 1. The molecule has 0 unspecified atom stereocenters. The van der Waals surface area contributed by atoms with E-state index in [-0.39, 0.29) is 24.0 Å². The lowest BCUT2D eigenvalue weighted by atomic mass is 9.59. The summed E-state index contributed by atoms with van der Waals surface area (Å²) in [6.45, 7) is 14.0. The van der Waals surface area contributed by atoms with Gasteiger partial charge >= 0.3 is 0 Å². The molecular weight excluding hydrogens is 468 g/mol. The average Bonchev–Trinajstić information content (AvgIpc) is 2.82. The number of carbonyl (C=O) groups is 2. The van der Waals surface area contributed by atoms with Crippen LogP contribution in [-0.4, -0.2) is 37.6 Å². The molecular formula is C31H40O6. The zero-order chi connectivity index (χ0) is 27.4. The molecule has 1 aromatic carbocycles. The number of carbonyl (C=O) groups excluding carboxylic acids is 2. The Labute approximate surface area is 219 Å². The lowest BCUT2D eigenvalue weighted by molar-refractivity contribution is -0.127. The quantitative estimate of drug-likeness (QED) is 0.336. The number of allylic oxidation sites excluding steroid dienone is 3. The van der Waals surface area contributed by atoms with E-state index in [0.717, 1.165) is 49.3 Å². The maximum atomic E-state index is 12.7. The van der Waals surface area contributed by atoms with Gasteiger partial charge in [-0.05, 0) is 72.6 Å². The van der Waals surface area contributed by atoms with Gasteiger partial charge in [-0.2, -0.15) is 0 Å². The molecule has 0 aliphatic heterocycles. The summed E-state index contributed by atoms with van der Waals surface area (Å²) in [6, 6.07) is 2.11. The van der Waals surface area contributed by atoms with Crippen molar-refractivity contribution in [3.05, 3.63) is 57.6 Å². The van der Waals surface area contributed by atoms with E-state index in [9.17, 15) is 30.0 Å². The number of ketones is 2. The number of Topliss-reactive ketones (excluding diaryl/α,β-unsaturated/α-hetero) is 2. The second-order valence-corrected chi connectivity index (χ2v) is 11.5. The standard InChI is InChI=1S/C31H40O6/c1-7-18(8-2)9-10-19-12-22(15(3)4)23-13-20-11-21-14-24(33)27(17(6)32)30(36)31(21,37)29(35)25(20)16(5)26(23)28(19)34/h12,15,18,20-21,34-37H,5,7-11,13-14H2,1-4,6H3/t20-,21+,31+/m0/s1. The van der Waals surface area contributed by atoms with Crippen molar-refractivity contribution in [2.45, 2.75) is 91.1 Å².